The van der Waals surface area contributed by atoms with Gasteiger partial charge in [0, 0.05) is 6.92 Å². The third-order valence-corrected chi connectivity index (χ3v) is 1.18. The Balaban J connectivity index is 0. The summed E-state index contributed by atoms with van der Waals surface area (Å²) in [6.07, 6.45) is 0. The zero-order valence-electron chi connectivity index (χ0n) is 9.84. The number of rotatable bonds is 2. The molecule has 0 spiro atoms. The third kappa shape index (κ3) is 22.7. The van der Waals surface area contributed by atoms with Gasteiger partial charge in [-0.3, -0.25) is 9.59 Å². The number of benzene rings is 1. The molecule has 90 valence electrons. The van der Waals surface area contributed by atoms with Gasteiger partial charge >= 0.3 is 0 Å². The fourth-order valence-electron chi connectivity index (χ4n) is 0.602. The number of carboxylic acid groups (broad SMARTS) is 1. The Hall–Kier alpha value is -1.84. The molecule has 0 fully saturated rings. The lowest BCUT2D eigenvalue weighted by atomic mass is 10.2. The molecule has 0 saturated carbocycles. The first-order chi connectivity index (χ1) is 7.54. The van der Waals surface area contributed by atoms with Crippen LogP contribution in [0.5, 0.6) is 0 Å². The standard InChI is InChI=1S/C7H8.C3H6O2.C2H4O2/c1-7-5-3-2-4-6-7;1-2-5-3-4;1-2(3)4/h2-6H,1H3;3H,2H2,1H3;1H3,(H,3,4). The smallest absolute Gasteiger partial charge is 0.300 e. The summed E-state index contributed by atoms with van der Waals surface area (Å²) in [5.41, 5.74) is 1.32. The van der Waals surface area contributed by atoms with E-state index in [1.165, 1.54) is 5.56 Å². The van der Waals surface area contributed by atoms with Gasteiger partial charge < -0.3 is 9.84 Å². The number of carbonyl (C=O) groups excluding carboxylic acids is 1. The van der Waals surface area contributed by atoms with E-state index in [9.17, 15) is 4.79 Å². The van der Waals surface area contributed by atoms with Gasteiger partial charge in [-0.25, -0.2) is 0 Å². The van der Waals surface area contributed by atoms with Gasteiger partial charge in [-0.1, -0.05) is 35.9 Å². The van der Waals surface area contributed by atoms with Crippen molar-refractivity contribution in [1.82, 2.24) is 0 Å². The summed E-state index contributed by atoms with van der Waals surface area (Å²) >= 11 is 0. The molecule has 0 aliphatic carbocycles. The van der Waals surface area contributed by atoms with Crippen molar-refractivity contribution >= 4 is 12.4 Å². The number of aryl methyl sites for hydroxylation is 1. The molecule has 0 bridgehead atoms. The van der Waals surface area contributed by atoms with E-state index in [1.54, 1.807) is 6.92 Å². The SMILES string of the molecule is CC(=O)O.CCOC=O.Cc1ccccc1. The molecule has 0 aliphatic rings. The van der Waals surface area contributed by atoms with Gasteiger partial charge in [0.05, 0.1) is 6.61 Å². The van der Waals surface area contributed by atoms with Gasteiger partial charge in [-0.2, -0.15) is 0 Å². The lowest BCUT2D eigenvalue weighted by Crippen LogP contribution is -1.80. The second kappa shape index (κ2) is 13.2. The van der Waals surface area contributed by atoms with E-state index >= 15 is 0 Å². The zero-order chi connectivity index (χ0) is 12.8. The molecular formula is C12H18O4. The summed E-state index contributed by atoms with van der Waals surface area (Å²) in [5.74, 6) is -0.833. The molecule has 0 amide bonds. The van der Waals surface area contributed by atoms with E-state index < -0.39 is 5.97 Å². The second-order valence-corrected chi connectivity index (χ2v) is 2.73. The maximum Gasteiger partial charge on any atom is 0.300 e. The largest absolute Gasteiger partial charge is 0.481 e. The Morgan fingerprint density at radius 2 is 1.81 bits per heavy atom. The Morgan fingerprint density at radius 1 is 1.38 bits per heavy atom. The van der Waals surface area contributed by atoms with Crippen LogP contribution in [0.4, 0.5) is 0 Å². The van der Waals surface area contributed by atoms with Crippen molar-refractivity contribution in [3.05, 3.63) is 35.9 Å². The van der Waals surface area contributed by atoms with Crippen LogP contribution >= 0.6 is 0 Å². The Bertz CT molecular complexity index is 266. The summed E-state index contributed by atoms with van der Waals surface area (Å²) in [6.45, 7) is 5.83. The van der Waals surface area contributed by atoms with Crippen molar-refractivity contribution in [1.29, 1.82) is 0 Å². The number of ether oxygens (including phenoxy) is 1. The van der Waals surface area contributed by atoms with Gasteiger partial charge in [0.15, 0.2) is 0 Å². The van der Waals surface area contributed by atoms with Crippen molar-refractivity contribution in [2.75, 3.05) is 6.61 Å². The lowest BCUT2D eigenvalue weighted by Gasteiger charge is -1.82. The van der Waals surface area contributed by atoms with E-state index in [0.29, 0.717) is 13.1 Å². The fourth-order valence-corrected chi connectivity index (χ4v) is 0.602. The molecule has 1 rings (SSSR count). The van der Waals surface area contributed by atoms with Crippen molar-refractivity contribution in [3.8, 4) is 0 Å². The molecular weight excluding hydrogens is 208 g/mol. The third-order valence-electron chi connectivity index (χ3n) is 1.18. The first-order valence-corrected chi connectivity index (χ1v) is 4.81. The average Bonchev–Trinajstić information content (AvgIpc) is 2.20. The molecule has 1 N–H and O–H groups in total. The van der Waals surface area contributed by atoms with Crippen molar-refractivity contribution < 1.29 is 19.4 Å². The van der Waals surface area contributed by atoms with Crippen LogP contribution < -0.4 is 0 Å². The topological polar surface area (TPSA) is 63.6 Å². The average molecular weight is 226 g/mol. The van der Waals surface area contributed by atoms with Gasteiger partial charge in [0.1, 0.15) is 0 Å². The van der Waals surface area contributed by atoms with E-state index in [2.05, 4.69) is 23.8 Å². The number of hydrogen-bond donors (Lipinski definition) is 1. The van der Waals surface area contributed by atoms with Crippen molar-refractivity contribution in [2.45, 2.75) is 20.8 Å². The van der Waals surface area contributed by atoms with Crippen LogP contribution in [0.25, 0.3) is 0 Å². The highest BCUT2D eigenvalue weighted by molar-refractivity contribution is 5.62. The fraction of sp³-hybridized carbons (Fsp3) is 0.333. The molecule has 16 heavy (non-hydrogen) atoms. The van der Waals surface area contributed by atoms with Crippen LogP contribution in [0.3, 0.4) is 0 Å². The zero-order valence-corrected chi connectivity index (χ0v) is 9.84. The normalized spacial score (nSPS) is 7.44. The summed E-state index contributed by atoms with van der Waals surface area (Å²) in [5, 5.41) is 7.42. The van der Waals surface area contributed by atoms with E-state index in [0.717, 1.165) is 6.92 Å². The second-order valence-electron chi connectivity index (χ2n) is 2.73. The maximum absolute atomic E-state index is 9.18. The molecule has 1 aromatic carbocycles. The minimum Gasteiger partial charge on any atom is -0.481 e. The van der Waals surface area contributed by atoms with E-state index in [1.807, 2.05) is 18.2 Å². The van der Waals surface area contributed by atoms with E-state index in [-0.39, 0.29) is 0 Å². The lowest BCUT2D eigenvalue weighted by molar-refractivity contribution is -0.134. The molecule has 4 heteroatoms. The molecule has 0 saturated heterocycles. The van der Waals surface area contributed by atoms with Crippen LogP contribution in [0.2, 0.25) is 0 Å². The van der Waals surface area contributed by atoms with Crippen LogP contribution in [-0.4, -0.2) is 24.2 Å². The molecule has 0 atom stereocenters. The predicted octanol–water partition coefficient (Wildman–Crippen LogP) is 2.27. The molecule has 0 aromatic heterocycles. The Kier molecular flexibility index (Phi) is 13.6. The maximum atomic E-state index is 9.18. The summed E-state index contributed by atoms with van der Waals surface area (Å²) in [4.78, 5) is 18.2. The number of aliphatic carboxylic acids is 1. The monoisotopic (exact) mass is 226 g/mol. The number of hydrogen-bond acceptors (Lipinski definition) is 3. The predicted molar refractivity (Wildman–Crippen MR) is 62.2 cm³/mol. The number of carbonyl (C=O) groups is 2. The quantitative estimate of drug-likeness (QED) is 0.786. The van der Waals surface area contributed by atoms with Crippen LogP contribution in [0.15, 0.2) is 30.3 Å². The Morgan fingerprint density at radius 3 is 1.94 bits per heavy atom. The first-order valence-electron chi connectivity index (χ1n) is 4.81. The van der Waals surface area contributed by atoms with Gasteiger partial charge in [-0.15, -0.1) is 0 Å². The molecule has 4 nitrogen and oxygen atoms in total. The Labute approximate surface area is 95.9 Å². The molecule has 1 aromatic rings. The molecule has 0 heterocycles. The van der Waals surface area contributed by atoms with Crippen molar-refractivity contribution in [2.24, 2.45) is 0 Å². The number of carboxylic acids is 1. The van der Waals surface area contributed by atoms with Crippen LogP contribution in [0, 0.1) is 6.92 Å². The van der Waals surface area contributed by atoms with E-state index in [4.69, 9.17) is 9.90 Å². The summed E-state index contributed by atoms with van der Waals surface area (Å²) in [6, 6.07) is 10.3. The van der Waals surface area contributed by atoms with Crippen molar-refractivity contribution in [3.63, 3.8) is 0 Å². The minimum atomic E-state index is -0.833. The highest BCUT2D eigenvalue weighted by atomic mass is 16.5. The summed E-state index contributed by atoms with van der Waals surface area (Å²) in [7, 11) is 0. The molecule has 0 unspecified atom stereocenters. The summed E-state index contributed by atoms with van der Waals surface area (Å²) < 4.78 is 4.15. The van der Waals surface area contributed by atoms with Gasteiger partial charge in [-0.05, 0) is 13.8 Å². The van der Waals surface area contributed by atoms with Gasteiger partial charge in [0.25, 0.3) is 12.4 Å². The van der Waals surface area contributed by atoms with Crippen LogP contribution in [0.1, 0.15) is 19.4 Å². The molecule has 0 radical (unpaired) electrons. The van der Waals surface area contributed by atoms with Crippen LogP contribution in [-0.2, 0) is 14.3 Å². The van der Waals surface area contributed by atoms with Gasteiger partial charge in [0.2, 0.25) is 0 Å². The molecule has 0 aliphatic heterocycles. The highest BCUT2D eigenvalue weighted by Crippen LogP contribution is 1.92. The minimum absolute atomic E-state index is 0.431. The first kappa shape index (κ1) is 16.6. The highest BCUT2D eigenvalue weighted by Gasteiger charge is 1.72.